The minimum Gasteiger partial charge on any atom is -0.355 e. The Kier molecular flexibility index (Phi) is 4.12. The average Bonchev–Trinajstić information content (AvgIpc) is 2.38. The number of fused-ring (bicyclic) bond motifs is 1. The molecule has 0 spiro atoms. The first kappa shape index (κ1) is 12.1. The van der Waals surface area contributed by atoms with Crippen molar-refractivity contribution in [2.75, 3.05) is 13.1 Å². The quantitative estimate of drug-likeness (QED) is 0.649. The molecule has 0 radical (unpaired) electrons. The minimum atomic E-state index is -0.109. The van der Waals surface area contributed by atoms with Crippen LogP contribution in [-0.2, 0) is 17.8 Å². The number of carbonyl (C=O) groups excluding carboxylic acids is 1. The molecule has 0 unspecified atom stereocenters. The van der Waals surface area contributed by atoms with E-state index in [4.69, 9.17) is 5.73 Å². The number of benzene rings is 1. The molecule has 0 saturated heterocycles. The van der Waals surface area contributed by atoms with Crippen molar-refractivity contribution in [3.8, 4) is 0 Å². The zero-order valence-corrected chi connectivity index (χ0v) is 9.91. The van der Waals surface area contributed by atoms with Crippen LogP contribution in [0.25, 0.3) is 0 Å². The largest absolute Gasteiger partial charge is 0.355 e. The predicted molar refractivity (Wildman–Crippen MR) is 67.5 cm³/mol. The third kappa shape index (κ3) is 3.05. The van der Waals surface area contributed by atoms with Crippen molar-refractivity contribution in [2.45, 2.75) is 25.4 Å². The van der Waals surface area contributed by atoms with Crippen LogP contribution >= 0.6 is 0 Å². The molecule has 1 atom stereocenters. The highest BCUT2D eigenvalue weighted by Crippen LogP contribution is 2.16. The number of nitrogens with one attached hydrogen (secondary N) is 2. The van der Waals surface area contributed by atoms with Crippen molar-refractivity contribution in [1.29, 1.82) is 0 Å². The molecule has 4 N–H and O–H groups in total. The maximum Gasteiger partial charge on any atom is 0.237 e. The van der Waals surface area contributed by atoms with E-state index < -0.39 is 0 Å². The molecule has 0 fully saturated rings. The Balaban J connectivity index is 1.91. The molecule has 1 amide bonds. The van der Waals surface area contributed by atoms with Crippen LogP contribution in [0.5, 0.6) is 0 Å². The molecule has 1 aliphatic rings. The Hall–Kier alpha value is -1.39. The average molecular weight is 233 g/mol. The molecule has 92 valence electrons. The molecular weight excluding hydrogens is 214 g/mol. The Morgan fingerprint density at radius 2 is 2.18 bits per heavy atom. The smallest absolute Gasteiger partial charge is 0.237 e. The Labute approximate surface area is 102 Å². The van der Waals surface area contributed by atoms with Gasteiger partial charge in [-0.25, -0.2) is 0 Å². The second-order valence-electron chi connectivity index (χ2n) is 4.34. The van der Waals surface area contributed by atoms with Gasteiger partial charge in [-0.05, 0) is 30.5 Å². The highest BCUT2D eigenvalue weighted by molar-refractivity contribution is 5.82. The van der Waals surface area contributed by atoms with Crippen LogP contribution in [-0.4, -0.2) is 25.0 Å². The first-order valence-corrected chi connectivity index (χ1v) is 6.09. The topological polar surface area (TPSA) is 67.1 Å². The number of rotatable bonds is 4. The molecule has 0 saturated carbocycles. The van der Waals surface area contributed by atoms with Crippen LogP contribution in [0.3, 0.4) is 0 Å². The third-order valence-electron chi connectivity index (χ3n) is 3.08. The predicted octanol–water partition coefficient (Wildman–Crippen LogP) is 0.166. The van der Waals surface area contributed by atoms with Crippen LogP contribution in [0.1, 0.15) is 17.5 Å². The van der Waals surface area contributed by atoms with E-state index in [0.29, 0.717) is 13.1 Å². The van der Waals surface area contributed by atoms with Gasteiger partial charge < -0.3 is 16.4 Å². The van der Waals surface area contributed by atoms with Crippen LogP contribution in [0.15, 0.2) is 24.3 Å². The zero-order valence-electron chi connectivity index (χ0n) is 9.91. The van der Waals surface area contributed by atoms with Crippen molar-refractivity contribution in [1.82, 2.24) is 10.6 Å². The first-order chi connectivity index (χ1) is 8.31. The molecule has 4 heteroatoms. The van der Waals surface area contributed by atoms with E-state index in [0.717, 1.165) is 19.4 Å². The molecule has 1 aromatic carbocycles. The Bertz CT molecular complexity index is 392. The van der Waals surface area contributed by atoms with Crippen molar-refractivity contribution in [3.05, 3.63) is 35.4 Å². The Morgan fingerprint density at radius 3 is 2.94 bits per heavy atom. The van der Waals surface area contributed by atoms with E-state index >= 15 is 0 Å². The van der Waals surface area contributed by atoms with Gasteiger partial charge >= 0.3 is 0 Å². The normalized spacial score (nSPS) is 18.5. The maximum atomic E-state index is 11.9. The van der Waals surface area contributed by atoms with Gasteiger partial charge in [-0.3, -0.25) is 4.79 Å². The lowest BCUT2D eigenvalue weighted by atomic mass is 9.95. The summed E-state index contributed by atoms with van der Waals surface area (Å²) >= 11 is 0. The van der Waals surface area contributed by atoms with Gasteiger partial charge in [0.05, 0.1) is 6.04 Å². The molecule has 1 heterocycles. The maximum absolute atomic E-state index is 11.9. The van der Waals surface area contributed by atoms with Crippen LogP contribution in [0.4, 0.5) is 0 Å². The summed E-state index contributed by atoms with van der Waals surface area (Å²) in [7, 11) is 0. The molecule has 1 aromatic rings. The van der Waals surface area contributed by atoms with Gasteiger partial charge in [0, 0.05) is 13.1 Å². The monoisotopic (exact) mass is 233 g/mol. The summed E-state index contributed by atoms with van der Waals surface area (Å²) in [4.78, 5) is 11.9. The number of hydrogen-bond acceptors (Lipinski definition) is 3. The lowest BCUT2D eigenvalue weighted by Gasteiger charge is -2.25. The van der Waals surface area contributed by atoms with Crippen molar-refractivity contribution < 1.29 is 4.79 Å². The van der Waals surface area contributed by atoms with Gasteiger partial charge in [-0.2, -0.15) is 0 Å². The van der Waals surface area contributed by atoms with E-state index in [-0.39, 0.29) is 11.9 Å². The first-order valence-electron chi connectivity index (χ1n) is 6.09. The van der Waals surface area contributed by atoms with Gasteiger partial charge in [0.15, 0.2) is 0 Å². The summed E-state index contributed by atoms with van der Waals surface area (Å²) < 4.78 is 0. The second kappa shape index (κ2) is 5.80. The van der Waals surface area contributed by atoms with Crippen molar-refractivity contribution >= 4 is 5.91 Å². The zero-order chi connectivity index (χ0) is 12.1. The summed E-state index contributed by atoms with van der Waals surface area (Å²) in [5, 5.41) is 6.16. The van der Waals surface area contributed by atoms with Crippen LogP contribution in [0.2, 0.25) is 0 Å². The SMILES string of the molecule is NCCCNC(=O)[C@@H]1Cc2ccccc2CN1. The van der Waals surface area contributed by atoms with Gasteiger partial charge in [0.1, 0.15) is 0 Å². The van der Waals surface area contributed by atoms with Gasteiger partial charge in [-0.1, -0.05) is 24.3 Å². The fourth-order valence-corrected chi connectivity index (χ4v) is 2.08. The molecule has 17 heavy (non-hydrogen) atoms. The van der Waals surface area contributed by atoms with Gasteiger partial charge in [0.25, 0.3) is 0 Å². The van der Waals surface area contributed by atoms with E-state index in [1.807, 2.05) is 12.1 Å². The highest BCUT2D eigenvalue weighted by Gasteiger charge is 2.23. The summed E-state index contributed by atoms with van der Waals surface area (Å²) in [5.74, 6) is 0.0768. The van der Waals surface area contributed by atoms with E-state index in [1.165, 1.54) is 11.1 Å². The van der Waals surface area contributed by atoms with Crippen LogP contribution < -0.4 is 16.4 Å². The molecular formula is C13H19N3O. The van der Waals surface area contributed by atoms with E-state index in [2.05, 4.69) is 22.8 Å². The van der Waals surface area contributed by atoms with Gasteiger partial charge in [0.2, 0.25) is 5.91 Å². The van der Waals surface area contributed by atoms with Crippen molar-refractivity contribution in [2.24, 2.45) is 5.73 Å². The van der Waals surface area contributed by atoms with Gasteiger partial charge in [-0.15, -0.1) is 0 Å². The molecule has 0 bridgehead atoms. The molecule has 0 aliphatic carbocycles. The lowest BCUT2D eigenvalue weighted by molar-refractivity contribution is -0.123. The number of nitrogens with two attached hydrogens (primary N) is 1. The molecule has 2 rings (SSSR count). The fourth-order valence-electron chi connectivity index (χ4n) is 2.08. The number of amides is 1. The van der Waals surface area contributed by atoms with Crippen molar-refractivity contribution in [3.63, 3.8) is 0 Å². The summed E-state index contributed by atoms with van der Waals surface area (Å²) in [6.07, 6.45) is 1.60. The molecule has 4 nitrogen and oxygen atoms in total. The summed E-state index contributed by atoms with van der Waals surface area (Å²) in [6, 6.07) is 8.14. The highest BCUT2D eigenvalue weighted by atomic mass is 16.2. The number of carbonyl (C=O) groups is 1. The lowest BCUT2D eigenvalue weighted by Crippen LogP contribution is -2.48. The number of hydrogen-bond donors (Lipinski definition) is 3. The summed E-state index contributed by atoms with van der Waals surface area (Å²) in [5.41, 5.74) is 7.95. The van der Waals surface area contributed by atoms with Crippen LogP contribution in [0, 0.1) is 0 Å². The standard InChI is InChI=1S/C13H19N3O/c14-6-3-7-15-13(17)12-8-10-4-1-2-5-11(10)9-16-12/h1-2,4-5,12,16H,3,6-9,14H2,(H,15,17)/t12-/m0/s1. The Morgan fingerprint density at radius 1 is 1.41 bits per heavy atom. The second-order valence-corrected chi connectivity index (χ2v) is 4.34. The minimum absolute atomic E-state index is 0.0768. The summed E-state index contributed by atoms with van der Waals surface area (Å²) in [6.45, 7) is 2.04. The molecule has 1 aliphatic heterocycles. The fraction of sp³-hybridized carbons (Fsp3) is 0.462. The molecule has 0 aromatic heterocycles. The van der Waals surface area contributed by atoms with E-state index in [1.54, 1.807) is 0 Å². The van der Waals surface area contributed by atoms with E-state index in [9.17, 15) is 4.79 Å². The third-order valence-corrected chi connectivity index (χ3v) is 3.08.